The first-order valence-electron chi connectivity index (χ1n) is 9.84. The van der Waals surface area contributed by atoms with Crippen molar-refractivity contribution in [2.24, 2.45) is 5.73 Å². The highest BCUT2D eigenvalue weighted by Gasteiger charge is 2.23. The van der Waals surface area contributed by atoms with Gasteiger partial charge in [0.1, 0.15) is 11.4 Å². The summed E-state index contributed by atoms with van der Waals surface area (Å²) in [6.07, 6.45) is 0.907. The maximum Gasteiger partial charge on any atom is 0.264 e. The van der Waals surface area contributed by atoms with E-state index < -0.39 is 24.2 Å². The summed E-state index contributed by atoms with van der Waals surface area (Å²) in [5.41, 5.74) is 7.01. The van der Waals surface area contributed by atoms with E-state index in [1.165, 1.54) is 16.7 Å². The summed E-state index contributed by atoms with van der Waals surface area (Å²) in [6.45, 7) is -0.583. The predicted octanol–water partition coefficient (Wildman–Crippen LogP) is 0.503. The topological polar surface area (TPSA) is 139 Å². The number of aliphatic hydroxyl groups excluding tert-OH is 3. The van der Waals surface area contributed by atoms with Crippen molar-refractivity contribution in [3.63, 3.8) is 0 Å². The van der Waals surface area contributed by atoms with E-state index in [0.29, 0.717) is 17.5 Å². The molecule has 3 aromatic rings. The number of carbonyl (C=O) groups excluding carboxylic acids is 1. The number of benzene rings is 1. The summed E-state index contributed by atoms with van der Waals surface area (Å²) in [7, 11) is 0. The van der Waals surface area contributed by atoms with E-state index in [4.69, 9.17) is 5.73 Å². The van der Waals surface area contributed by atoms with Gasteiger partial charge in [0.25, 0.3) is 11.5 Å². The Morgan fingerprint density at radius 1 is 1.19 bits per heavy atom. The summed E-state index contributed by atoms with van der Waals surface area (Å²) in [5, 5.41) is 28.4. The van der Waals surface area contributed by atoms with E-state index in [0.717, 1.165) is 11.1 Å². The van der Waals surface area contributed by atoms with Crippen LogP contribution in [-0.4, -0.2) is 50.1 Å². The van der Waals surface area contributed by atoms with Gasteiger partial charge in [-0.15, -0.1) is 0 Å². The Kier molecular flexibility index (Phi) is 7.11. The van der Waals surface area contributed by atoms with E-state index in [9.17, 15) is 29.3 Å². The largest absolute Gasteiger partial charge is 0.396 e. The Balaban J connectivity index is 2.21. The maximum atomic E-state index is 13.2. The number of nitrogens with two attached hydrogens (primary N) is 1. The monoisotopic (exact) mass is 429 g/mol. The van der Waals surface area contributed by atoms with Crippen LogP contribution in [0.15, 0.2) is 41.3 Å². The molecule has 2 heterocycles. The van der Waals surface area contributed by atoms with Gasteiger partial charge in [-0.3, -0.25) is 14.6 Å². The van der Waals surface area contributed by atoms with Crippen LogP contribution < -0.4 is 11.3 Å². The van der Waals surface area contributed by atoms with Crippen molar-refractivity contribution in [3.05, 3.63) is 75.0 Å². The van der Waals surface area contributed by atoms with Gasteiger partial charge in [-0.05, 0) is 42.2 Å². The highest BCUT2D eigenvalue weighted by Crippen LogP contribution is 2.23. The molecule has 1 amide bonds. The van der Waals surface area contributed by atoms with Crippen LogP contribution in [-0.2, 0) is 19.4 Å². The van der Waals surface area contributed by atoms with Crippen LogP contribution in [0.1, 0.15) is 33.5 Å². The van der Waals surface area contributed by atoms with Crippen LogP contribution in [0.2, 0.25) is 0 Å². The molecule has 0 aliphatic heterocycles. The summed E-state index contributed by atoms with van der Waals surface area (Å²) in [5.74, 6) is -1.30. The summed E-state index contributed by atoms with van der Waals surface area (Å²) >= 11 is 0. The quantitative estimate of drug-likeness (QED) is 0.391. The minimum atomic E-state index is -1.20. The Labute approximate surface area is 177 Å². The summed E-state index contributed by atoms with van der Waals surface area (Å²) in [6, 6.07) is 7.75. The highest BCUT2D eigenvalue weighted by molar-refractivity contribution is 5.98. The number of primary amides is 1. The summed E-state index contributed by atoms with van der Waals surface area (Å²) in [4.78, 5) is 29.6. The molecule has 1 atom stereocenters. The smallest absolute Gasteiger partial charge is 0.264 e. The van der Waals surface area contributed by atoms with Gasteiger partial charge in [0, 0.05) is 31.3 Å². The first-order valence-corrected chi connectivity index (χ1v) is 9.84. The van der Waals surface area contributed by atoms with Gasteiger partial charge in [0.15, 0.2) is 0 Å². The molecule has 0 aliphatic carbocycles. The zero-order valence-electron chi connectivity index (χ0n) is 16.8. The van der Waals surface area contributed by atoms with Crippen LogP contribution in [0.3, 0.4) is 0 Å². The Morgan fingerprint density at radius 3 is 2.52 bits per heavy atom. The second-order valence-electron chi connectivity index (χ2n) is 7.31. The number of pyridine rings is 2. The van der Waals surface area contributed by atoms with Crippen LogP contribution >= 0.6 is 0 Å². The van der Waals surface area contributed by atoms with E-state index in [1.54, 1.807) is 24.4 Å². The molecule has 2 aromatic heterocycles. The third kappa shape index (κ3) is 4.96. The lowest BCUT2D eigenvalue weighted by Crippen LogP contribution is -2.34. The number of aryl methyl sites for hydroxylation is 1. The molecule has 1 unspecified atom stereocenters. The van der Waals surface area contributed by atoms with Gasteiger partial charge in [-0.25, -0.2) is 4.39 Å². The molecule has 0 radical (unpaired) electrons. The zero-order chi connectivity index (χ0) is 22.5. The number of hydrogen-bond donors (Lipinski definition) is 4. The molecule has 9 heteroatoms. The first-order chi connectivity index (χ1) is 14.8. The van der Waals surface area contributed by atoms with Crippen LogP contribution in [0, 0.1) is 5.82 Å². The fourth-order valence-electron chi connectivity index (χ4n) is 3.56. The van der Waals surface area contributed by atoms with Crippen molar-refractivity contribution in [2.75, 3.05) is 13.2 Å². The lowest BCUT2D eigenvalue weighted by atomic mass is 9.98. The molecule has 0 fully saturated rings. The lowest BCUT2D eigenvalue weighted by Gasteiger charge is -2.18. The molecular weight excluding hydrogens is 405 g/mol. The molecule has 0 aliphatic rings. The predicted molar refractivity (Wildman–Crippen MR) is 112 cm³/mol. The number of aromatic nitrogens is 2. The number of carbonyl (C=O) groups is 1. The number of amides is 1. The van der Waals surface area contributed by atoms with Crippen molar-refractivity contribution in [1.29, 1.82) is 0 Å². The van der Waals surface area contributed by atoms with E-state index in [2.05, 4.69) is 4.98 Å². The molecule has 8 nitrogen and oxygen atoms in total. The maximum absolute atomic E-state index is 13.2. The molecule has 0 saturated heterocycles. The number of halogens is 1. The van der Waals surface area contributed by atoms with Crippen molar-refractivity contribution in [1.82, 2.24) is 9.55 Å². The minimum absolute atomic E-state index is 0.136. The molecule has 0 spiro atoms. The van der Waals surface area contributed by atoms with Gasteiger partial charge in [0.2, 0.25) is 0 Å². The Bertz CT molecular complexity index is 1140. The highest BCUT2D eigenvalue weighted by atomic mass is 19.1. The normalized spacial score (nSPS) is 12.3. The SMILES string of the molecule is NC(=O)c1c(CC(O)CO)c2ncc(Cc3ccc(F)cc3)cc2n(CCCO)c1=O. The van der Waals surface area contributed by atoms with Crippen molar-refractivity contribution in [3.8, 4) is 0 Å². The van der Waals surface area contributed by atoms with E-state index in [-0.39, 0.29) is 42.9 Å². The van der Waals surface area contributed by atoms with Crippen LogP contribution in [0.5, 0.6) is 0 Å². The zero-order valence-corrected chi connectivity index (χ0v) is 16.8. The number of nitrogens with zero attached hydrogens (tertiary/aromatic N) is 2. The van der Waals surface area contributed by atoms with Crippen molar-refractivity contribution in [2.45, 2.75) is 31.9 Å². The van der Waals surface area contributed by atoms with E-state index >= 15 is 0 Å². The molecular formula is C22H24FN3O5. The fourth-order valence-corrected chi connectivity index (χ4v) is 3.56. The number of fused-ring (bicyclic) bond motifs is 1. The van der Waals surface area contributed by atoms with Crippen LogP contribution in [0.25, 0.3) is 11.0 Å². The van der Waals surface area contributed by atoms with Gasteiger partial charge < -0.3 is 25.6 Å². The number of aliphatic hydroxyl groups is 3. The molecule has 164 valence electrons. The second-order valence-corrected chi connectivity index (χ2v) is 7.31. The Hall–Kier alpha value is -3.14. The van der Waals surface area contributed by atoms with Crippen LogP contribution in [0.4, 0.5) is 4.39 Å². The van der Waals surface area contributed by atoms with Gasteiger partial charge >= 0.3 is 0 Å². The van der Waals surface area contributed by atoms with Crippen molar-refractivity contribution < 1.29 is 24.5 Å². The summed E-state index contributed by atoms with van der Waals surface area (Å²) < 4.78 is 14.5. The second kappa shape index (κ2) is 9.78. The van der Waals surface area contributed by atoms with Gasteiger partial charge in [-0.2, -0.15) is 0 Å². The molecule has 0 saturated carbocycles. The first kappa shape index (κ1) is 22.5. The number of rotatable bonds is 9. The van der Waals surface area contributed by atoms with E-state index in [1.807, 2.05) is 0 Å². The average molecular weight is 429 g/mol. The molecule has 5 N–H and O–H groups in total. The van der Waals surface area contributed by atoms with Gasteiger partial charge in [0.05, 0.1) is 23.7 Å². The van der Waals surface area contributed by atoms with Gasteiger partial charge in [-0.1, -0.05) is 12.1 Å². The molecule has 0 bridgehead atoms. The molecule has 3 rings (SSSR count). The molecule has 1 aromatic carbocycles. The molecule has 31 heavy (non-hydrogen) atoms. The third-order valence-corrected chi connectivity index (χ3v) is 5.02. The fraction of sp³-hybridized carbons (Fsp3) is 0.318. The standard InChI is InChI=1S/C22H24FN3O5/c23-15-4-2-13(3-5-15)8-14-9-18-20(25-11-14)17(10-16(29)12-28)19(21(24)30)22(31)26(18)6-1-7-27/h2-5,9,11,16,27-29H,1,6-8,10,12H2,(H2,24,30). The minimum Gasteiger partial charge on any atom is -0.396 e. The third-order valence-electron chi connectivity index (χ3n) is 5.02. The average Bonchev–Trinajstić information content (AvgIpc) is 2.74. The number of hydrogen-bond acceptors (Lipinski definition) is 6. The lowest BCUT2D eigenvalue weighted by molar-refractivity contribution is 0.0941. The van der Waals surface area contributed by atoms with Crippen molar-refractivity contribution >= 4 is 16.9 Å². The Morgan fingerprint density at radius 2 is 1.90 bits per heavy atom.